The van der Waals surface area contributed by atoms with Crippen molar-refractivity contribution in [1.82, 2.24) is 24.8 Å². The van der Waals surface area contributed by atoms with E-state index in [0.29, 0.717) is 13.2 Å². The lowest BCUT2D eigenvalue weighted by atomic mass is 10.0. The normalized spacial score (nSPS) is 16.6. The summed E-state index contributed by atoms with van der Waals surface area (Å²) in [6.45, 7) is 7.93. The number of imidazole rings is 1. The van der Waals surface area contributed by atoms with Crippen molar-refractivity contribution in [2.45, 2.75) is 26.5 Å². The number of ether oxygens (including phenoxy) is 1. The third-order valence-corrected chi connectivity index (χ3v) is 5.23. The van der Waals surface area contributed by atoms with Crippen molar-refractivity contribution in [3.63, 3.8) is 0 Å². The number of nitrogens with one attached hydrogen (secondary N) is 1. The number of benzene rings is 1. The monoisotopic (exact) mass is 532 g/mol. The van der Waals surface area contributed by atoms with Gasteiger partial charge in [0.05, 0.1) is 19.7 Å². The Morgan fingerprint density at radius 1 is 1.26 bits per heavy atom. The molecule has 0 bridgehead atoms. The van der Waals surface area contributed by atoms with Gasteiger partial charge in [-0.2, -0.15) is 0 Å². The second-order valence-corrected chi connectivity index (χ2v) is 7.32. The molecule has 0 amide bonds. The summed E-state index contributed by atoms with van der Waals surface area (Å²) in [5, 5.41) is 3.44. The van der Waals surface area contributed by atoms with Crippen molar-refractivity contribution in [2.75, 3.05) is 26.2 Å². The van der Waals surface area contributed by atoms with E-state index in [1.165, 1.54) is 11.1 Å². The lowest BCUT2D eigenvalue weighted by Crippen LogP contribution is -2.48. The first-order chi connectivity index (χ1) is 14.7. The van der Waals surface area contributed by atoms with Crippen molar-refractivity contribution in [3.8, 4) is 5.82 Å². The summed E-state index contributed by atoms with van der Waals surface area (Å²) in [5.74, 6) is 1.76. The number of guanidine groups is 1. The van der Waals surface area contributed by atoms with Crippen molar-refractivity contribution in [2.24, 2.45) is 4.99 Å². The number of hydrogen-bond acceptors (Lipinski definition) is 4. The number of halogens is 1. The zero-order valence-electron chi connectivity index (χ0n) is 17.9. The minimum absolute atomic E-state index is 0. The van der Waals surface area contributed by atoms with Crippen LogP contribution < -0.4 is 5.32 Å². The zero-order valence-corrected chi connectivity index (χ0v) is 20.3. The Bertz CT molecular complexity index is 991. The molecule has 7 nitrogen and oxygen atoms in total. The topological polar surface area (TPSA) is 67.6 Å². The summed E-state index contributed by atoms with van der Waals surface area (Å²) in [6, 6.07) is 12.5. The lowest BCUT2D eigenvalue weighted by molar-refractivity contribution is -0.00834. The average Bonchev–Trinajstić information content (AvgIpc) is 3.32. The molecular formula is C23H29IN6O. The van der Waals surface area contributed by atoms with Crippen LogP contribution in [0.5, 0.6) is 0 Å². The van der Waals surface area contributed by atoms with Crippen molar-refractivity contribution in [3.05, 3.63) is 78.0 Å². The fourth-order valence-electron chi connectivity index (χ4n) is 3.66. The highest BCUT2D eigenvalue weighted by atomic mass is 127. The van der Waals surface area contributed by atoms with E-state index in [0.717, 1.165) is 37.0 Å². The number of hydrogen-bond donors (Lipinski definition) is 1. The van der Waals surface area contributed by atoms with Gasteiger partial charge in [-0.05, 0) is 42.7 Å². The van der Waals surface area contributed by atoms with Gasteiger partial charge < -0.3 is 15.0 Å². The summed E-state index contributed by atoms with van der Waals surface area (Å²) in [5.41, 5.74) is 3.61. The number of aryl methyl sites for hydroxylation is 1. The first-order valence-electron chi connectivity index (χ1n) is 10.4. The molecule has 164 valence electrons. The first kappa shape index (κ1) is 23.2. The number of nitrogens with zero attached hydrogens (tertiary/aromatic N) is 5. The van der Waals surface area contributed by atoms with Crippen LogP contribution in [0.1, 0.15) is 29.7 Å². The van der Waals surface area contributed by atoms with Gasteiger partial charge in [-0.1, -0.05) is 24.3 Å². The molecule has 0 saturated carbocycles. The molecule has 1 atom stereocenters. The predicted octanol–water partition coefficient (Wildman–Crippen LogP) is 3.73. The molecule has 1 aromatic carbocycles. The van der Waals surface area contributed by atoms with E-state index < -0.39 is 0 Å². The number of pyridine rings is 1. The lowest BCUT2D eigenvalue weighted by Gasteiger charge is -2.35. The van der Waals surface area contributed by atoms with Gasteiger partial charge in [-0.3, -0.25) is 4.57 Å². The Hall–Kier alpha value is -2.46. The fourth-order valence-corrected chi connectivity index (χ4v) is 3.66. The number of rotatable bonds is 5. The zero-order chi connectivity index (χ0) is 20.8. The van der Waals surface area contributed by atoms with Crippen molar-refractivity contribution >= 4 is 29.9 Å². The summed E-state index contributed by atoms with van der Waals surface area (Å²) >= 11 is 0. The molecular weight excluding hydrogens is 503 g/mol. The highest BCUT2D eigenvalue weighted by Crippen LogP contribution is 2.25. The third kappa shape index (κ3) is 5.82. The minimum atomic E-state index is 0. The second kappa shape index (κ2) is 11.2. The first-order valence-corrected chi connectivity index (χ1v) is 10.4. The standard InChI is InChI=1S/C23H28N6O.HI/c1-3-25-23(27-15-19-8-9-26-22(14-19)29-11-10-24-17-29)28-12-13-30-21(16-28)20-7-5-4-6-18(20)2;/h4-11,14,17,21H,3,12-13,15-16H2,1-2H3,(H,25,27);1H. The molecule has 1 saturated heterocycles. The van der Waals surface area contributed by atoms with E-state index in [1.807, 2.05) is 29.1 Å². The molecule has 1 N–H and O–H groups in total. The number of aliphatic imine (C=N–C) groups is 1. The van der Waals surface area contributed by atoms with E-state index >= 15 is 0 Å². The van der Waals surface area contributed by atoms with Crippen LogP contribution in [0.3, 0.4) is 0 Å². The molecule has 3 heterocycles. The van der Waals surface area contributed by atoms with E-state index in [4.69, 9.17) is 9.73 Å². The molecule has 0 spiro atoms. The molecule has 1 unspecified atom stereocenters. The van der Waals surface area contributed by atoms with Crippen LogP contribution in [0.25, 0.3) is 5.82 Å². The largest absolute Gasteiger partial charge is 0.370 e. The molecule has 0 radical (unpaired) electrons. The highest BCUT2D eigenvalue weighted by molar-refractivity contribution is 14.0. The van der Waals surface area contributed by atoms with E-state index in [1.54, 1.807) is 12.5 Å². The summed E-state index contributed by atoms with van der Waals surface area (Å²) in [4.78, 5) is 15.7. The molecule has 1 aliphatic rings. The smallest absolute Gasteiger partial charge is 0.194 e. The summed E-state index contributed by atoms with van der Waals surface area (Å²) in [7, 11) is 0. The fraction of sp³-hybridized carbons (Fsp3) is 0.348. The molecule has 2 aromatic heterocycles. The van der Waals surface area contributed by atoms with E-state index in [-0.39, 0.29) is 30.1 Å². The maximum atomic E-state index is 6.08. The van der Waals surface area contributed by atoms with Gasteiger partial charge in [0.25, 0.3) is 0 Å². The van der Waals surface area contributed by atoms with Crippen LogP contribution >= 0.6 is 24.0 Å². The Morgan fingerprint density at radius 3 is 2.90 bits per heavy atom. The Labute approximate surface area is 200 Å². The average molecular weight is 532 g/mol. The molecule has 8 heteroatoms. The molecule has 1 fully saturated rings. The van der Waals surface area contributed by atoms with E-state index in [2.05, 4.69) is 58.3 Å². The van der Waals surface area contributed by atoms with E-state index in [9.17, 15) is 0 Å². The van der Waals surface area contributed by atoms with Crippen LogP contribution in [-0.4, -0.2) is 51.6 Å². The highest BCUT2D eigenvalue weighted by Gasteiger charge is 2.25. The van der Waals surface area contributed by atoms with Gasteiger partial charge in [0.1, 0.15) is 18.2 Å². The minimum Gasteiger partial charge on any atom is -0.370 e. The van der Waals surface area contributed by atoms with Gasteiger partial charge in [0, 0.05) is 31.7 Å². The van der Waals surface area contributed by atoms with Crippen molar-refractivity contribution < 1.29 is 4.74 Å². The summed E-state index contributed by atoms with van der Waals surface area (Å²) in [6.07, 6.45) is 7.25. The van der Waals surface area contributed by atoms with Crippen LogP contribution in [0.2, 0.25) is 0 Å². The summed E-state index contributed by atoms with van der Waals surface area (Å²) < 4.78 is 7.98. The molecule has 31 heavy (non-hydrogen) atoms. The Kier molecular flexibility index (Phi) is 8.42. The second-order valence-electron chi connectivity index (χ2n) is 7.32. The number of aromatic nitrogens is 3. The molecule has 3 aromatic rings. The van der Waals surface area contributed by atoms with Gasteiger partial charge in [-0.25, -0.2) is 15.0 Å². The maximum Gasteiger partial charge on any atom is 0.194 e. The molecule has 4 rings (SSSR count). The van der Waals surface area contributed by atoms with Crippen LogP contribution in [0.15, 0.2) is 66.3 Å². The van der Waals surface area contributed by atoms with Crippen molar-refractivity contribution in [1.29, 1.82) is 0 Å². The Balaban J connectivity index is 0.00000272. The predicted molar refractivity (Wildman–Crippen MR) is 133 cm³/mol. The quantitative estimate of drug-likeness (QED) is 0.308. The van der Waals surface area contributed by atoms with Gasteiger partial charge in [0.15, 0.2) is 5.96 Å². The van der Waals surface area contributed by atoms with Gasteiger partial charge in [-0.15, -0.1) is 24.0 Å². The maximum absolute atomic E-state index is 6.08. The SMILES string of the molecule is CCNC(=NCc1ccnc(-n2ccnc2)c1)N1CCOC(c2ccccc2C)C1.I. The Morgan fingerprint density at radius 2 is 2.13 bits per heavy atom. The van der Waals surface area contributed by atoms with Gasteiger partial charge in [0.2, 0.25) is 0 Å². The number of morpholine rings is 1. The van der Waals surface area contributed by atoms with Crippen LogP contribution in [-0.2, 0) is 11.3 Å². The van der Waals surface area contributed by atoms with Crippen LogP contribution in [0, 0.1) is 6.92 Å². The molecule has 0 aliphatic carbocycles. The third-order valence-electron chi connectivity index (χ3n) is 5.23. The van der Waals surface area contributed by atoms with Gasteiger partial charge >= 0.3 is 0 Å². The molecule has 1 aliphatic heterocycles. The van der Waals surface area contributed by atoms with Crippen LogP contribution in [0.4, 0.5) is 0 Å².